The second kappa shape index (κ2) is 10.0. The summed E-state index contributed by atoms with van der Waals surface area (Å²) in [6, 6.07) is 0. The first-order valence-corrected chi connectivity index (χ1v) is 9.82. The van der Waals surface area contributed by atoms with E-state index in [9.17, 15) is 4.79 Å². The quantitative estimate of drug-likeness (QED) is 0.449. The number of ether oxygens (including phenoxy) is 1. The van der Waals surface area contributed by atoms with Gasteiger partial charge in [-0.15, -0.1) is 0 Å². The number of carbonyl (C=O) groups excluding carboxylic acids is 1. The monoisotopic (exact) mass is 358 g/mol. The number of alkyl carbamates (subject to hydrolysis) is 1. The van der Waals surface area contributed by atoms with Gasteiger partial charge in [-0.05, 0) is 33.1 Å². The van der Waals surface area contributed by atoms with Crippen molar-refractivity contribution in [3.8, 4) is 0 Å². The van der Waals surface area contributed by atoms with E-state index in [2.05, 4.69) is 46.1 Å². The third kappa shape index (κ3) is 8.13. The molecule has 1 atom stereocenters. The van der Waals surface area contributed by atoms with Gasteiger partial charge in [0.2, 0.25) is 0 Å². The van der Waals surface area contributed by atoms with Crippen molar-refractivity contribution in [1.29, 1.82) is 0 Å². The van der Waals surface area contributed by atoms with E-state index >= 15 is 0 Å². The molecule has 6 nitrogen and oxygen atoms in total. The maximum Gasteiger partial charge on any atom is 0.407 e. The Hall–Kier alpha value is -1.11. The number of carbonyl (C=O) groups is 1. The summed E-state index contributed by atoms with van der Waals surface area (Å²) in [5.74, 6) is 2.77. The highest BCUT2D eigenvalue weighted by molar-refractivity contribution is 8.00. The number of thioether (sulfide) groups is 1. The first-order valence-electron chi connectivity index (χ1n) is 8.77. The predicted molar refractivity (Wildman–Crippen MR) is 103 cm³/mol. The van der Waals surface area contributed by atoms with Crippen LogP contribution in [0.15, 0.2) is 4.99 Å². The number of amides is 1. The minimum Gasteiger partial charge on any atom is -0.444 e. The fraction of sp³-hybridized carbons (Fsp3) is 0.882. The van der Waals surface area contributed by atoms with Crippen LogP contribution in [0.2, 0.25) is 0 Å². The van der Waals surface area contributed by atoms with Crippen molar-refractivity contribution in [1.82, 2.24) is 15.5 Å². The lowest BCUT2D eigenvalue weighted by molar-refractivity contribution is 0.0527. The highest BCUT2D eigenvalue weighted by atomic mass is 32.2. The molecule has 7 heteroatoms. The van der Waals surface area contributed by atoms with Gasteiger partial charge in [0.25, 0.3) is 0 Å². The molecule has 1 amide bonds. The number of nitrogens with zero attached hydrogens (tertiary/aromatic N) is 2. The SMILES string of the molecule is CN=C(NCCCNC(=O)OC(C)(C)C)N1CCSC(C(C)C)C1. The first kappa shape index (κ1) is 20.9. The minimum atomic E-state index is -0.455. The molecule has 0 aromatic heterocycles. The smallest absolute Gasteiger partial charge is 0.407 e. The number of hydrogen-bond acceptors (Lipinski definition) is 4. The summed E-state index contributed by atoms with van der Waals surface area (Å²) in [6.45, 7) is 13.6. The van der Waals surface area contributed by atoms with Crippen LogP contribution in [-0.4, -0.2) is 66.8 Å². The van der Waals surface area contributed by atoms with Crippen molar-refractivity contribution >= 4 is 23.8 Å². The zero-order valence-corrected chi connectivity index (χ0v) is 16.8. The number of guanidine groups is 1. The van der Waals surface area contributed by atoms with E-state index in [1.807, 2.05) is 27.8 Å². The topological polar surface area (TPSA) is 66.0 Å². The standard InChI is InChI=1S/C17H34N4O2S/c1-13(2)14-12-21(10-11-24-14)15(18-6)19-8-7-9-20-16(22)23-17(3,4)5/h13-14H,7-12H2,1-6H3,(H,18,19)(H,20,22). The number of rotatable bonds is 5. The van der Waals surface area contributed by atoms with Gasteiger partial charge in [0.15, 0.2) is 5.96 Å². The van der Waals surface area contributed by atoms with Crippen molar-refractivity contribution in [3.05, 3.63) is 0 Å². The molecular formula is C17H34N4O2S. The molecule has 0 radical (unpaired) electrons. The Balaban J connectivity index is 2.26. The molecule has 0 saturated carbocycles. The third-order valence-corrected chi connectivity index (χ3v) is 5.19. The molecule has 1 heterocycles. The van der Waals surface area contributed by atoms with Crippen molar-refractivity contribution in [2.45, 2.75) is 51.9 Å². The van der Waals surface area contributed by atoms with Gasteiger partial charge in [-0.1, -0.05) is 13.8 Å². The fourth-order valence-electron chi connectivity index (χ4n) is 2.40. The lowest BCUT2D eigenvalue weighted by Crippen LogP contribution is -2.49. The molecule has 1 unspecified atom stereocenters. The van der Waals surface area contributed by atoms with Crippen molar-refractivity contribution in [2.24, 2.45) is 10.9 Å². The van der Waals surface area contributed by atoms with E-state index in [1.54, 1.807) is 0 Å². The van der Waals surface area contributed by atoms with Crippen molar-refractivity contribution < 1.29 is 9.53 Å². The van der Waals surface area contributed by atoms with Crippen LogP contribution in [0.25, 0.3) is 0 Å². The van der Waals surface area contributed by atoms with Gasteiger partial charge in [-0.2, -0.15) is 11.8 Å². The van der Waals surface area contributed by atoms with Crippen LogP contribution in [0.3, 0.4) is 0 Å². The Bertz CT molecular complexity index is 421. The molecular weight excluding hydrogens is 324 g/mol. The third-order valence-electron chi connectivity index (χ3n) is 3.65. The lowest BCUT2D eigenvalue weighted by atomic mass is 10.1. The first-order chi connectivity index (χ1) is 11.2. The molecule has 0 spiro atoms. The summed E-state index contributed by atoms with van der Waals surface area (Å²) in [5.41, 5.74) is -0.455. The molecule has 0 aromatic rings. The molecule has 0 aromatic carbocycles. The normalized spacial score (nSPS) is 19.4. The molecule has 24 heavy (non-hydrogen) atoms. The van der Waals surface area contributed by atoms with Crippen LogP contribution in [0.4, 0.5) is 4.79 Å². The van der Waals surface area contributed by atoms with Gasteiger partial charge >= 0.3 is 6.09 Å². The zero-order valence-electron chi connectivity index (χ0n) is 16.0. The Morgan fingerprint density at radius 3 is 2.58 bits per heavy atom. The second-order valence-corrected chi connectivity index (χ2v) is 8.70. The molecule has 1 fully saturated rings. The summed E-state index contributed by atoms with van der Waals surface area (Å²) in [6.07, 6.45) is 0.466. The molecule has 1 aliphatic rings. The Morgan fingerprint density at radius 2 is 2.00 bits per heavy atom. The summed E-state index contributed by atoms with van der Waals surface area (Å²) in [7, 11) is 1.83. The van der Waals surface area contributed by atoms with Crippen LogP contribution in [-0.2, 0) is 4.74 Å². The number of nitrogens with one attached hydrogen (secondary N) is 2. The van der Waals surface area contributed by atoms with Crippen LogP contribution in [0, 0.1) is 5.92 Å². The zero-order chi connectivity index (χ0) is 18.2. The van der Waals surface area contributed by atoms with E-state index in [0.29, 0.717) is 17.7 Å². The van der Waals surface area contributed by atoms with Gasteiger partial charge in [0.1, 0.15) is 5.60 Å². The van der Waals surface area contributed by atoms with E-state index in [4.69, 9.17) is 4.74 Å². The van der Waals surface area contributed by atoms with E-state index < -0.39 is 5.60 Å². The predicted octanol–water partition coefficient (Wildman–Crippen LogP) is 2.55. The Kier molecular flexibility index (Phi) is 8.73. The number of aliphatic imine (C=N–C) groups is 1. The highest BCUT2D eigenvalue weighted by Gasteiger charge is 2.24. The summed E-state index contributed by atoms with van der Waals surface area (Å²) in [4.78, 5) is 18.3. The van der Waals surface area contributed by atoms with Crippen LogP contribution >= 0.6 is 11.8 Å². The van der Waals surface area contributed by atoms with Gasteiger partial charge in [0.05, 0.1) is 0 Å². The van der Waals surface area contributed by atoms with Crippen LogP contribution < -0.4 is 10.6 Å². The summed E-state index contributed by atoms with van der Waals surface area (Å²) >= 11 is 2.06. The molecule has 1 aliphatic heterocycles. The second-order valence-electron chi connectivity index (χ2n) is 7.36. The van der Waals surface area contributed by atoms with Gasteiger partial charge < -0.3 is 20.3 Å². The Morgan fingerprint density at radius 1 is 1.33 bits per heavy atom. The van der Waals surface area contributed by atoms with Crippen molar-refractivity contribution in [2.75, 3.05) is 39.0 Å². The van der Waals surface area contributed by atoms with Gasteiger partial charge in [-0.3, -0.25) is 4.99 Å². The summed E-state index contributed by atoms with van der Waals surface area (Å²) in [5, 5.41) is 6.83. The maximum atomic E-state index is 11.6. The van der Waals surface area contributed by atoms with E-state index in [-0.39, 0.29) is 6.09 Å². The molecule has 2 N–H and O–H groups in total. The minimum absolute atomic E-state index is 0.361. The van der Waals surface area contributed by atoms with Crippen molar-refractivity contribution in [3.63, 3.8) is 0 Å². The molecule has 0 bridgehead atoms. The highest BCUT2D eigenvalue weighted by Crippen LogP contribution is 2.24. The molecule has 140 valence electrons. The molecule has 1 saturated heterocycles. The molecule has 0 aliphatic carbocycles. The summed E-state index contributed by atoms with van der Waals surface area (Å²) < 4.78 is 5.21. The fourth-order valence-corrected chi connectivity index (χ4v) is 3.70. The molecule has 1 rings (SSSR count). The maximum absolute atomic E-state index is 11.6. The Labute approximate surface area is 151 Å². The lowest BCUT2D eigenvalue weighted by Gasteiger charge is -2.36. The average Bonchev–Trinajstić information content (AvgIpc) is 2.49. The van der Waals surface area contributed by atoms with Gasteiger partial charge in [-0.25, -0.2) is 4.79 Å². The van der Waals surface area contributed by atoms with Crippen LogP contribution in [0.1, 0.15) is 41.0 Å². The largest absolute Gasteiger partial charge is 0.444 e. The van der Waals surface area contributed by atoms with Gasteiger partial charge in [0, 0.05) is 44.2 Å². The average molecular weight is 359 g/mol. The van der Waals surface area contributed by atoms with E-state index in [1.165, 1.54) is 0 Å². The number of hydrogen-bond donors (Lipinski definition) is 2. The van der Waals surface area contributed by atoms with E-state index in [0.717, 1.165) is 37.8 Å². The van der Waals surface area contributed by atoms with Crippen LogP contribution in [0.5, 0.6) is 0 Å².